The average Bonchev–Trinajstić information content (AvgIpc) is 3.23. The highest BCUT2D eigenvalue weighted by Crippen LogP contribution is 2.38. The van der Waals surface area contributed by atoms with E-state index >= 15 is 0 Å². The summed E-state index contributed by atoms with van der Waals surface area (Å²) in [7, 11) is 1.74. The minimum Gasteiger partial charge on any atom is -0.389 e. The highest BCUT2D eigenvalue weighted by Gasteiger charge is 2.45. The number of carbonyl (C=O) groups is 1. The summed E-state index contributed by atoms with van der Waals surface area (Å²) in [6.45, 7) is 4.89. The van der Waals surface area contributed by atoms with E-state index in [1.807, 2.05) is 12.1 Å². The molecular weight excluding hydrogens is 466 g/mol. The van der Waals surface area contributed by atoms with Crippen LogP contribution in [0.1, 0.15) is 56.9 Å². The lowest BCUT2D eigenvalue weighted by molar-refractivity contribution is -0.121. The lowest BCUT2D eigenvalue weighted by Crippen LogP contribution is -2.56. The third kappa shape index (κ3) is 5.07. The van der Waals surface area contributed by atoms with Gasteiger partial charge in [0.2, 0.25) is 5.91 Å². The first-order valence-corrected chi connectivity index (χ1v) is 13.2. The lowest BCUT2D eigenvalue weighted by Gasteiger charge is -2.43. The molecule has 1 aromatic carbocycles. The van der Waals surface area contributed by atoms with Crippen molar-refractivity contribution in [2.75, 3.05) is 38.7 Å². The van der Waals surface area contributed by atoms with Gasteiger partial charge in [-0.25, -0.2) is 4.98 Å². The van der Waals surface area contributed by atoms with Gasteiger partial charge in [-0.1, -0.05) is 11.6 Å². The number of rotatable bonds is 5. The van der Waals surface area contributed by atoms with Gasteiger partial charge in [-0.05, 0) is 93.6 Å². The molecule has 3 aliphatic rings. The average molecular weight is 502 g/mol. The van der Waals surface area contributed by atoms with E-state index in [1.165, 1.54) is 0 Å². The number of pyridine rings is 1. The predicted octanol–water partition coefficient (Wildman–Crippen LogP) is 4.36. The Bertz CT molecular complexity index is 1070. The molecule has 0 radical (unpaired) electrons. The number of aliphatic hydroxyl groups is 1. The van der Waals surface area contributed by atoms with Crippen molar-refractivity contribution in [3.8, 4) is 0 Å². The quantitative estimate of drug-likeness (QED) is 0.633. The van der Waals surface area contributed by atoms with Crippen molar-refractivity contribution in [3.05, 3.63) is 35.0 Å². The first kappa shape index (κ1) is 24.9. The molecule has 0 bridgehead atoms. The predicted molar refractivity (Wildman–Crippen MR) is 137 cm³/mol. The molecule has 7 nitrogen and oxygen atoms in total. The van der Waals surface area contributed by atoms with Gasteiger partial charge in [-0.2, -0.15) is 0 Å². The minimum absolute atomic E-state index is 0.00973. The highest BCUT2D eigenvalue weighted by molar-refractivity contribution is 6.32. The summed E-state index contributed by atoms with van der Waals surface area (Å²) in [5, 5.41) is 16.2. The largest absolute Gasteiger partial charge is 0.389 e. The molecule has 2 N–H and O–H groups in total. The molecule has 1 aliphatic carbocycles. The van der Waals surface area contributed by atoms with Crippen LogP contribution in [0.4, 0.5) is 5.82 Å². The Morgan fingerprint density at radius 3 is 2.57 bits per heavy atom. The van der Waals surface area contributed by atoms with Crippen LogP contribution in [0.15, 0.2) is 24.4 Å². The Morgan fingerprint density at radius 1 is 1.17 bits per heavy atom. The number of nitrogens with one attached hydrogen (secondary N) is 1. The van der Waals surface area contributed by atoms with E-state index in [4.69, 9.17) is 21.1 Å². The van der Waals surface area contributed by atoms with Crippen molar-refractivity contribution in [2.24, 2.45) is 5.92 Å². The normalized spacial score (nSPS) is 30.6. The summed E-state index contributed by atoms with van der Waals surface area (Å²) >= 11 is 6.72. The van der Waals surface area contributed by atoms with Crippen LogP contribution in [-0.4, -0.2) is 72.1 Å². The summed E-state index contributed by atoms with van der Waals surface area (Å²) in [6.07, 6.45) is 7.10. The second-order valence-corrected chi connectivity index (χ2v) is 11.0. The number of halogens is 1. The van der Waals surface area contributed by atoms with Crippen molar-refractivity contribution in [1.29, 1.82) is 0 Å². The van der Waals surface area contributed by atoms with E-state index < -0.39 is 6.10 Å². The molecule has 2 saturated heterocycles. The number of methoxy groups -OCH3 is 1. The van der Waals surface area contributed by atoms with Crippen molar-refractivity contribution < 1.29 is 19.4 Å². The van der Waals surface area contributed by atoms with Crippen LogP contribution in [0.2, 0.25) is 5.02 Å². The van der Waals surface area contributed by atoms with Gasteiger partial charge in [0.25, 0.3) is 0 Å². The zero-order valence-electron chi connectivity index (χ0n) is 20.6. The number of anilines is 1. The molecule has 35 heavy (non-hydrogen) atoms. The molecule has 8 heteroatoms. The molecule has 2 aromatic rings. The summed E-state index contributed by atoms with van der Waals surface area (Å²) in [6, 6.07) is 6.10. The van der Waals surface area contributed by atoms with Gasteiger partial charge in [0.15, 0.2) is 0 Å². The van der Waals surface area contributed by atoms with Crippen molar-refractivity contribution in [1.82, 2.24) is 9.88 Å². The molecule has 0 spiro atoms. The topological polar surface area (TPSA) is 83.9 Å². The third-order valence-corrected chi connectivity index (χ3v) is 8.84. The van der Waals surface area contributed by atoms with Crippen molar-refractivity contribution in [2.45, 2.75) is 69.1 Å². The van der Waals surface area contributed by atoms with Gasteiger partial charge in [0.1, 0.15) is 5.82 Å². The second-order valence-electron chi connectivity index (χ2n) is 10.6. The fourth-order valence-electron chi connectivity index (χ4n) is 6.01. The number of carbonyl (C=O) groups excluding carboxylic acids is 1. The second kappa shape index (κ2) is 10.3. The Labute approximate surface area is 212 Å². The summed E-state index contributed by atoms with van der Waals surface area (Å²) in [5.41, 5.74) is 0.841. The number of piperidine rings is 1. The Kier molecular flexibility index (Phi) is 7.33. The molecule has 190 valence electrons. The van der Waals surface area contributed by atoms with Crippen LogP contribution in [0.5, 0.6) is 0 Å². The van der Waals surface area contributed by atoms with Crippen LogP contribution in [-0.2, 0) is 14.3 Å². The van der Waals surface area contributed by atoms with Crippen LogP contribution in [0, 0.1) is 5.92 Å². The van der Waals surface area contributed by atoms with E-state index in [-0.39, 0.29) is 23.5 Å². The molecule has 0 unspecified atom stereocenters. The first-order valence-electron chi connectivity index (χ1n) is 12.8. The Balaban J connectivity index is 1.27. The molecule has 3 fully saturated rings. The molecule has 1 aromatic heterocycles. The van der Waals surface area contributed by atoms with Gasteiger partial charge >= 0.3 is 0 Å². The maximum absolute atomic E-state index is 12.8. The number of nitrogens with zero attached hydrogens (tertiary/aromatic N) is 2. The molecule has 2 aliphatic heterocycles. The monoisotopic (exact) mass is 501 g/mol. The number of aromatic nitrogens is 1. The number of ether oxygens (including phenoxy) is 2. The van der Waals surface area contributed by atoms with Crippen LogP contribution >= 0.6 is 11.6 Å². The zero-order valence-corrected chi connectivity index (χ0v) is 21.4. The number of amides is 1. The summed E-state index contributed by atoms with van der Waals surface area (Å²) < 4.78 is 11.0. The maximum atomic E-state index is 12.8. The van der Waals surface area contributed by atoms with E-state index in [2.05, 4.69) is 28.2 Å². The number of fused-ring (bicyclic) bond motifs is 1. The fourth-order valence-corrected chi connectivity index (χ4v) is 6.34. The van der Waals surface area contributed by atoms with E-state index in [0.717, 1.165) is 73.0 Å². The van der Waals surface area contributed by atoms with Crippen molar-refractivity contribution >= 4 is 34.1 Å². The highest BCUT2D eigenvalue weighted by atomic mass is 35.5. The van der Waals surface area contributed by atoms with Gasteiger partial charge in [-0.15, -0.1) is 0 Å². The number of aliphatic hydroxyl groups excluding tert-OH is 1. The number of hydrogen-bond acceptors (Lipinski definition) is 6. The lowest BCUT2D eigenvalue weighted by atomic mass is 9.85. The smallest absolute Gasteiger partial charge is 0.228 e. The molecular formula is C27H36ClN3O4. The van der Waals surface area contributed by atoms with Gasteiger partial charge < -0.3 is 19.9 Å². The number of benzene rings is 1. The fraction of sp³-hybridized carbons (Fsp3) is 0.630. The molecule has 1 saturated carbocycles. The molecule has 2 atom stereocenters. The number of hydrogen-bond donors (Lipinski definition) is 2. The Hall–Kier alpha value is -1.77. The SMILES string of the molecule is COC1CCC(C(=O)Nc2cc3cc(C4CCN([C@@]5(C)COC[C@H]5O)CC4)c(Cl)cc3cn2)CC1. The zero-order chi connectivity index (χ0) is 24.6. The number of likely N-dealkylation sites (tertiary alicyclic amines) is 1. The Morgan fingerprint density at radius 2 is 1.91 bits per heavy atom. The first-order chi connectivity index (χ1) is 16.9. The van der Waals surface area contributed by atoms with Gasteiger partial charge in [0, 0.05) is 29.6 Å². The van der Waals surface area contributed by atoms with Crippen LogP contribution in [0.25, 0.3) is 10.8 Å². The minimum atomic E-state index is -0.445. The standard InChI is InChI=1S/C27H36ClN3O4/c1-27(16-35-15-24(27)32)31-9-7-17(8-10-31)22-11-19-13-25(29-14-20(19)12-23(22)28)30-26(33)18-3-5-21(34-2)6-4-18/h11-14,17-18,21,24,32H,3-10,15-16H2,1-2H3,(H,29,30,33)/t18?,21?,24-,27+/m1/s1. The van der Waals surface area contributed by atoms with Gasteiger partial charge in [-0.3, -0.25) is 9.69 Å². The van der Waals surface area contributed by atoms with Crippen LogP contribution in [0.3, 0.4) is 0 Å². The van der Waals surface area contributed by atoms with Crippen molar-refractivity contribution in [3.63, 3.8) is 0 Å². The maximum Gasteiger partial charge on any atom is 0.228 e. The summed E-state index contributed by atoms with van der Waals surface area (Å²) in [4.78, 5) is 19.6. The van der Waals surface area contributed by atoms with Crippen LogP contribution < -0.4 is 5.32 Å². The molecule has 1 amide bonds. The third-order valence-electron chi connectivity index (χ3n) is 8.51. The van der Waals surface area contributed by atoms with E-state index in [0.29, 0.717) is 24.9 Å². The molecule has 3 heterocycles. The molecule has 5 rings (SSSR count). The van der Waals surface area contributed by atoms with E-state index in [9.17, 15) is 9.90 Å². The van der Waals surface area contributed by atoms with Gasteiger partial charge in [0.05, 0.1) is 31.0 Å². The van der Waals surface area contributed by atoms with E-state index in [1.54, 1.807) is 13.3 Å². The summed E-state index contributed by atoms with van der Waals surface area (Å²) in [5.74, 6) is 0.992.